The zero-order chi connectivity index (χ0) is 23.0. The van der Waals surface area contributed by atoms with Crippen LogP contribution in [0.25, 0.3) is 6.08 Å². The maximum atomic E-state index is 13.0. The molecule has 33 heavy (non-hydrogen) atoms. The normalized spacial score (nSPS) is 19.7. The van der Waals surface area contributed by atoms with Crippen LogP contribution in [-0.2, 0) is 15.0 Å². The Hall–Kier alpha value is -2.97. The number of ether oxygens (including phenoxy) is 2. The molecule has 1 saturated heterocycles. The maximum absolute atomic E-state index is 13.0. The molecule has 7 nitrogen and oxygen atoms in total. The summed E-state index contributed by atoms with van der Waals surface area (Å²) >= 11 is 6.87. The van der Waals surface area contributed by atoms with E-state index in [0.717, 1.165) is 42.2 Å². The molecule has 0 bridgehead atoms. The van der Waals surface area contributed by atoms with E-state index in [2.05, 4.69) is 5.32 Å². The predicted octanol–water partition coefficient (Wildman–Crippen LogP) is 4.34. The third kappa shape index (κ3) is 4.09. The molecule has 170 valence electrons. The van der Waals surface area contributed by atoms with Gasteiger partial charge in [-0.25, -0.2) is 0 Å². The molecule has 1 aliphatic carbocycles. The molecule has 0 aromatic heterocycles. The van der Waals surface area contributed by atoms with Gasteiger partial charge in [-0.3, -0.25) is 19.3 Å². The topological polar surface area (TPSA) is 84.9 Å². The van der Waals surface area contributed by atoms with Crippen molar-refractivity contribution >= 4 is 46.5 Å². The molecule has 0 radical (unpaired) electrons. The Balaban J connectivity index is 1.21. The van der Waals surface area contributed by atoms with Gasteiger partial charge < -0.3 is 14.8 Å². The fraction of sp³-hybridized carbons (Fsp3) is 0.292. The molecule has 3 aliphatic rings. The lowest BCUT2D eigenvalue weighted by Gasteiger charge is -2.40. The highest BCUT2D eigenvalue weighted by Gasteiger charge is 2.45. The quantitative estimate of drug-likeness (QED) is 0.614. The molecule has 1 N–H and O–H groups in total. The number of halogens is 1. The van der Waals surface area contributed by atoms with Crippen molar-refractivity contribution in [3.63, 3.8) is 0 Å². The smallest absolute Gasteiger partial charge is 0.293 e. The minimum Gasteiger partial charge on any atom is -0.454 e. The van der Waals surface area contributed by atoms with Crippen LogP contribution in [0.1, 0.15) is 30.4 Å². The second-order valence-electron chi connectivity index (χ2n) is 8.14. The number of nitrogens with zero attached hydrogens (tertiary/aromatic N) is 1. The van der Waals surface area contributed by atoms with E-state index < -0.39 is 5.41 Å². The number of amides is 3. The van der Waals surface area contributed by atoms with E-state index in [-0.39, 0.29) is 36.9 Å². The number of fused-ring (bicyclic) bond motifs is 1. The van der Waals surface area contributed by atoms with Gasteiger partial charge in [0.1, 0.15) is 0 Å². The molecule has 5 rings (SSSR count). The third-order valence-electron chi connectivity index (χ3n) is 6.23. The first kappa shape index (κ1) is 21.9. The Morgan fingerprint density at radius 2 is 1.88 bits per heavy atom. The summed E-state index contributed by atoms with van der Waals surface area (Å²) in [5.74, 6) is 0.807. The van der Waals surface area contributed by atoms with Gasteiger partial charge in [-0.05, 0) is 66.1 Å². The van der Waals surface area contributed by atoms with Gasteiger partial charge in [-0.2, -0.15) is 0 Å². The highest BCUT2D eigenvalue weighted by atomic mass is 35.5. The molecule has 2 aromatic rings. The summed E-state index contributed by atoms with van der Waals surface area (Å²) in [4.78, 5) is 39.7. The fourth-order valence-electron chi connectivity index (χ4n) is 4.24. The third-order valence-corrected chi connectivity index (χ3v) is 7.39. The maximum Gasteiger partial charge on any atom is 0.293 e. The Kier molecular flexibility index (Phi) is 5.80. The number of hydrogen-bond donors (Lipinski definition) is 1. The summed E-state index contributed by atoms with van der Waals surface area (Å²) in [5.41, 5.74) is 1.12. The molecule has 2 aliphatic heterocycles. The Morgan fingerprint density at radius 1 is 1.12 bits per heavy atom. The van der Waals surface area contributed by atoms with Crippen molar-refractivity contribution in [2.24, 2.45) is 0 Å². The van der Waals surface area contributed by atoms with Gasteiger partial charge in [0.2, 0.25) is 12.7 Å². The van der Waals surface area contributed by atoms with Crippen molar-refractivity contribution in [2.75, 3.05) is 19.9 Å². The molecule has 2 heterocycles. The van der Waals surface area contributed by atoms with Gasteiger partial charge >= 0.3 is 0 Å². The first-order chi connectivity index (χ1) is 16.0. The SMILES string of the molecule is O=C1S/C(=C\c2ccc3c(c2)OCO3)C(=O)N1CCNC(=O)C1(c2ccc(Cl)cc2)CCC1. The number of carbonyl (C=O) groups is 3. The monoisotopic (exact) mass is 484 g/mol. The molecular weight excluding hydrogens is 464 g/mol. The van der Waals surface area contributed by atoms with Crippen molar-refractivity contribution in [2.45, 2.75) is 24.7 Å². The molecule has 0 unspecified atom stereocenters. The lowest BCUT2D eigenvalue weighted by molar-refractivity contribution is -0.130. The fourth-order valence-corrected chi connectivity index (χ4v) is 5.23. The van der Waals surface area contributed by atoms with Crippen LogP contribution in [0.4, 0.5) is 4.79 Å². The van der Waals surface area contributed by atoms with E-state index in [1.165, 1.54) is 4.90 Å². The first-order valence-electron chi connectivity index (χ1n) is 10.7. The zero-order valence-corrected chi connectivity index (χ0v) is 19.2. The molecule has 3 amide bonds. The summed E-state index contributed by atoms with van der Waals surface area (Å²) < 4.78 is 10.7. The van der Waals surface area contributed by atoms with E-state index in [1.807, 2.05) is 12.1 Å². The average molecular weight is 485 g/mol. The number of imide groups is 1. The van der Waals surface area contributed by atoms with E-state index in [0.29, 0.717) is 21.4 Å². The summed E-state index contributed by atoms with van der Waals surface area (Å²) in [6.45, 7) is 0.482. The van der Waals surface area contributed by atoms with Gasteiger partial charge in [0.25, 0.3) is 11.1 Å². The molecule has 2 fully saturated rings. The number of carbonyl (C=O) groups excluding carboxylic acids is 3. The predicted molar refractivity (Wildman–Crippen MR) is 125 cm³/mol. The van der Waals surface area contributed by atoms with Crippen LogP contribution in [-0.4, -0.2) is 41.8 Å². The van der Waals surface area contributed by atoms with E-state index in [4.69, 9.17) is 21.1 Å². The number of hydrogen-bond acceptors (Lipinski definition) is 6. The van der Waals surface area contributed by atoms with Crippen LogP contribution in [0.2, 0.25) is 5.02 Å². The molecule has 0 atom stereocenters. The van der Waals surface area contributed by atoms with Crippen molar-refractivity contribution in [3.8, 4) is 11.5 Å². The molecule has 9 heteroatoms. The Labute approximate surface area is 200 Å². The minimum atomic E-state index is -0.567. The van der Waals surface area contributed by atoms with Crippen LogP contribution in [0, 0.1) is 0 Å². The van der Waals surface area contributed by atoms with Gasteiger partial charge in [0.05, 0.1) is 10.3 Å². The Bertz CT molecular complexity index is 1160. The largest absolute Gasteiger partial charge is 0.454 e. The van der Waals surface area contributed by atoms with Crippen molar-refractivity contribution < 1.29 is 23.9 Å². The number of thioether (sulfide) groups is 1. The first-order valence-corrected chi connectivity index (χ1v) is 11.9. The average Bonchev–Trinajstić information content (AvgIpc) is 3.33. The summed E-state index contributed by atoms with van der Waals surface area (Å²) in [7, 11) is 0. The summed E-state index contributed by atoms with van der Waals surface area (Å²) in [6, 6.07) is 12.7. The van der Waals surface area contributed by atoms with Crippen LogP contribution in [0.5, 0.6) is 11.5 Å². The van der Waals surface area contributed by atoms with Gasteiger partial charge in [0, 0.05) is 18.1 Å². The van der Waals surface area contributed by atoms with Crippen LogP contribution in [0.15, 0.2) is 47.4 Å². The molecule has 1 saturated carbocycles. The molecular formula is C24H21ClN2O5S. The Morgan fingerprint density at radius 3 is 2.61 bits per heavy atom. The van der Waals surface area contributed by atoms with E-state index in [9.17, 15) is 14.4 Å². The number of rotatable bonds is 6. The van der Waals surface area contributed by atoms with E-state index >= 15 is 0 Å². The number of nitrogens with one attached hydrogen (secondary N) is 1. The summed E-state index contributed by atoms with van der Waals surface area (Å²) in [6.07, 6.45) is 4.17. The highest BCUT2D eigenvalue weighted by Crippen LogP contribution is 2.44. The van der Waals surface area contributed by atoms with Crippen LogP contribution >= 0.6 is 23.4 Å². The highest BCUT2D eigenvalue weighted by molar-refractivity contribution is 8.18. The zero-order valence-electron chi connectivity index (χ0n) is 17.6. The molecule has 0 spiro atoms. The van der Waals surface area contributed by atoms with Crippen molar-refractivity contribution in [3.05, 3.63) is 63.5 Å². The van der Waals surface area contributed by atoms with Crippen LogP contribution < -0.4 is 14.8 Å². The molecule has 2 aromatic carbocycles. The van der Waals surface area contributed by atoms with Gasteiger partial charge in [-0.15, -0.1) is 0 Å². The van der Waals surface area contributed by atoms with Crippen molar-refractivity contribution in [1.82, 2.24) is 10.2 Å². The second-order valence-corrected chi connectivity index (χ2v) is 9.57. The minimum absolute atomic E-state index is 0.0843. The summed E-state index contributed by atoms with van der Waals surface area (Å²) in [5, 5.41) is 3.20. The second kappa shape index (κ2) is 8.76. The van der Waals surface area contributed by atoms with Crippen LogP contribution in [0.3, 0.4) is 0 Å². The van der Waals surface area contributed by atoms with Gasteiger partial charge in [-0.1, -0.05) is 36.2 Å². The standard InChI is InChI=1S/C24H21ClN2O5S/c25-17-5-3-16(4-6-17)24(8-1-9-24)22(29)26-10-11-27-21(28)20(33-23(27)30)13-15-2-7-18-19(12-15)32-14-31-18/h2-7,12-13H,1,8-11,14H2,(H,26,29)/b20-13-. The van der Waals surface area contributed by atoms with E-state index in [1.54, 1.807) is 36.4 Å². The lowest BCUT2D eigenvalue weighted by atomic mass is 9.64. The lowest BCUT2D eigenvalue weighted by Crippen LogP contribution is -2.50. The van der Waals surface area contributed by atoms with Crippen molar-refractivity contribution in [1.29, 1.82) is 0 Å². The van der Waals surface area contributed by atoms with Gasteiger partial charge in [0.15, 0.2) is 11.5 Å². The number of benzene rings is 2.